The molecule has 0 saturated carbocycles. The third-order valence-corrected chi connectivity index (χ3v) is 2.26. The summed E-state index contributed by atoms with van der Waals surface area (Å²) in [5.41, 5.74) is 0.492. The highest BCUT2D eigenvalue weighted by Crippen LogP contribution is 2.23. The van der Waals surface area contributed by atoms with Crippen LogP contribution in [0.15, 0.2) is 0 Å². The molecule has 0 aromatic heterocycles. The van der Waals surface area contributed by atoms with Crippen LogP contribution in [0.2, 0.25) is 0 Å². The quantitative estimate of drug-likeness (QED) is 0.692. The molecule has 1 atom stereocenters. The monoisotopic (exact) mass is 185 g/mol. The third-order valence-electron chi connectivity index (χ3n) is 2.26. The summed E-state index contributed by atoms with van der Waals surface area (Å²) >= 11 is 0. The highest BCUT2D eigenvalue weighted by Gasteiger charge is 2.12. The molecule has 0 bridgehead atoms. The standard InChI is InChI=1S/C12H27N/c1-10(2)13-9-11(3)7-8-12(4,5)6/h10-11,13H,7-9H2,1-6H3. The third kappa shape index (κ3) is 9.88. The Balaban J connectivity index is 3.46. The second-order valence-electron chi connectivity index (χ2n) is 5.77. The summed E-state index contributed by atoms with van der Waals surface area (Å²) in [4.78, 5) is 0. The maximum absolute atomic E-state index is 3.48. The Hall–Kier alpha value is -0.0400. The van der Waals surface area contributed by atoms with E-state index in [4.69, 9.17) is 0 Å². The van der Waals surface area contributed by atoms with Crippen LogP contribution in [0, 0.1) is 11.3 Å². The van der Waals surface area contributed by atoms with Gasteiger partial charge in [0, 0.05) is 6.04 Å². The van der Waals surface area contributed by atoms with Gasteiger partial charge in [0.05, 0.1) is 0 Å². The Labute approximate surface area is 84.3 Å². The summed E-state index contributed by atoms with van der Waals surface area (Å²) in [6.07, 6.45) is 2.66. The van der Waals surface area contributed by atoms with Gasteiger partial charge < -0.3 is 5.32 Å². The maximum atomic E-state index is 3.48. The average molecular weight is 185 g/mol. The summed E-state index contributed by atoms with van der Waals surface area (Å²) in [5, 5.41) is 3.48. The van der Waals surface area contributed by atoms with E-state index in [-0.39, 0.29) is 0 Å². The van der Waals surface area contributed by atoms with E-state index in [1.807, 2.05) is 0 Å². The van der Waals surface area contributed by atoms with E-state index in [9.17, 15) is 0 Å². The Morgan fingerprint density at radius 3 is 2.00 bits per heavy atom. The SMILES string of the molecule is CC(CCC(C)(C)C)CNC(C)C. The summed E-state index contributed by atoms with van der Waals surface area (Å²) in [7, 11) is 0. The van der Waals surface area contributed by atoms with E-state index in [1.54, 1.807) is 0 Å². The minimum atomic E-state index is 0.492. The van der Waals surface area contributed by atoms with Gasteiger partial charge in [0.15, 0.2) is 0 Å². The van der Waals surface area contributed by atoms with Crippen LogP contribution in [0.25, 0.3) is 0 Å². The molecule has 0 spiro atoms. The Morgan fingerprint density at radius 1 is 1.08 bits per heavy atom. The molecule has 0 aliphatic carbocycles. The first-order chi connectivity index (χ1) is 5.81. The highest BCUT2D eigenvalue weighted by atomic mass is 14.9. The molecule has 0 rings (SSSR count). The molecule has 0 fully saturated rings. The van der Waals surface area contributed by atoms with Crippen molar-refractivity contribution in [3.63, 3.8) is 0 Å². The molecular weight excluding hydrogens is 158 g/mol. The van der Waals surface area contributed by atoms with Gasteiger partial charge in [-0.15, -0.1) is 0 Å². The van der Waals surface area contributed by atoms with Crippen LogP contribution in [-0.4, -0.2) is 12.6 Å². The second-order valence-corrected chi connectivity index (χ2v) is 5.77. The van der Waals surface area contributed by atoms with E-state index in [1.165, 1.54) is 12.8 Å². The molecule has 0 aliphatic rings. The summed E-state index contributed by atoms with van der Waals surface area (Å²) < 4.78 is 0. The summed E-state index contributed by atoms with van der Waals surface area (Å²) in [5.74, 6) is 0.807. The fourth-order valence-corrected chi connectivity index (χ4v) is 1.22. The number of rotatable bonds is 5. The lowest BCUT2D eigenvalue weighted by Gasteiger charge is -2.21. The summed E-state index contributed by atoms with van der Waals surface area (Å²) in [6, 6.07) is 0.622. The fourth-order valence-electron chi connectivity index (χ4n) is 1.22. The van der Waals surface area contributed by atoms with Crippen molar-refractivity contribution >= 4 is 0 Å². The van der Waals surface area contributed by atoms with Gasteiger partial charge in [0.1, 0.15) is 0 Å². The number of nitrogens with one attached hydrogen (secondary N) is 1. The molecule has 13 heavy (non-hydrogen) atoms. The van der Waals surface area contributed by atoms with E-state index >= 15 is 0 Å². The molecule has 0 amide bonds. The van der Waals surface area contributed by atoms with Crippen LogP contribution in [0.4, 0.5) is 0 Å². The largest absolute Gasteiger partial charge is 0.314 e. The minimum absolute atomic E-state index is 0.492. The van der Waals surface area contributed by atoms with Crippen LogP contribution in [-0.2, 0) is 0 Å². The van der Waals surface area contributed by atoms with Gasteiger partial charge >= 0.3 is 0 Å². The molecule has 0 aliphatic heterocycles. The van der Waals surface area contributed by atoms with Crippen LogP contribution in [0.3, 0.4) is 0 Å². The van der Waals surface area contributed by atoms with Crippen molar-refractivity contribution in [2.24, 2.45) is 11.3 Å². The smallest absolute Gasteiger partial charge is 0.00104 e. The van der Waals surface area contributed by atoms with E-state index in [2.05, 4.69) is 46.9 Å². The molecule has 0 saturated heterocycles. The van der Waals surface area contributed by atoms with Crippen molar-refractivity contribution in [1.29, 1.82) is 0 Å². The van der Waals surface area contributed by atoms with Crippen LogP contribution in [0.1, 0.15) is 54.4 Å². The van der Waals surface area contributed by atoms with Crippen molar-refractivity contribution < 1.29 is 0 Å². The molecule has 0 aromatic carbocycles. The zero-order valence-corrected chi connectivity index (χ0v) is 10.3. The first-order valence-electron chi connectivity index (χ1n) is 5.54. The molecule has 80 valence electrons. The average Bonchev–Trinajstić information content (AvgIpc) is 1.95. The highest BCUT2D eigenvalue weighted by molar-refractivity contribution is 4.66. The predicted octanol–water partition coefficient (Wildman–Crippen LogP) is 3.45. The Morgan fingerprint density at radius 2 is 1.62 bits per heavy atom. The van der Waals surface area contributed by atoms with Crippen molar-refractivity contribution in [2.75, 3.05) is 6.54 Å². The van der Waals surface area contributed by atoms with Crippen molar-refractivity contribution in [2.45, 2.75) is 60.4 Å². The Bertz CT molecular complexity index is 122. The van der Waals surface area contributed by atoms with E-state index in [0.717, 1.165) is 12.5 Å². The van der Waals surface area contributed by atoms with Crippen molar-refractivity contribution in [3.05, 3.63) is 0 Å². The van der Waals surface area contributed by atoms with E-state index < -0.39 is 0 Å². The number of hydrogen-bond donors (Lipinski definition) is 1. The van der Waals surface area contributed by atoms with Crippen molar-refractivity contribution in [1.82, 2.24) is 5.32 Å². The first-order valence-corrected chi connectivity index (χ1v) is 5.54. The fraction of sp³-hybridized carbons (Fsp3) is 1.00. The number of hydrogen-bond acceptors (Lipinski definition) is 1. The normalized spacial score (nSPS) is 15.0. The minimum Gasteiger partial charge on any atom is -0.314 e. The molecule has 0 radical (unpaired) electrons. The lowest BCUT2D eigenvalue weighted by molar-refractivity contribution is 0.322. The lowest BCUT2D eigenvalue weighted by atomic mass is 9.87. The van der Waals surface area contributed by atoms with E-state index in [0.29, 0.717) is 11.5 Å². The topological polar surface area (TPSA) is 12.0 Å². The molecule has 1 heteroatoms. The maximum Gasteiger partial charge on any atom is 0.00104 e. The molecule has 1 nitrogen and oxygen atoms in total. The van der Waals surface area contributed by atoms with Crippen LogP contribution >= 0.6 is 0 Å². The van der Waals surface area contributed by atoms with Crippen LogP contribution < -0.4 is 5.32 Å². The lowest BCUT2D eigenvalue weighted by Crippen LogP contribution is -2.28. The van der Waals surface area contributed by atoms with Gasteiger partial charge in [-0.25, -0.2) is 0 Å². The molecule has 1 N–H and O–H groups in total. The molecule has 0 aromatic rings. The zero-order valence-electron chi connectivity index (χ0n) is 10.3. The van der Waals surface area contributed by atoms with Crippen molar-refractivity contribution in [3.8, 4) is 0 Å². The molecule has 0 heterocycles. The van der Waals surface area contributed by atoms with Gasteiger partial charge in [-0.2, -0.15) is 0 Å². The molecular formula is C12H27N. The summed E-state index contributed by atoms with van der Waals surface area (Å²) in [6.45, 7) is 14.8. The predicted molar refractivity (Wildman–Crippen MR) is 61.0 cm³/mol. The Kier molecular flexibility index (Phi) is 5.62. The van der Waals surface area contributed by atoms with Gasteiger partial charge in [-0.3, -0.25) is 0 Å². The second kappa shape index (κ2) is 5.64. The van der Waals surface area contributed by atoms with Gasteiger partial charge in [0.2, 0.25) is 0 Å². The van der Waals surface area contributed by atoms with Gasteiger partial charge in [-0.1, -0.05) is 41.5 Å². The molecule has 1 unspecified atom stereocenters. The van der Waals surface area contributed by atoms with Crippen LogP contribution in [0.5, 0.6) is 0 Å². The van der Waals surface area contributed by atoms with Gasteiger partial charge in [0.25, 0.3) is 0 Å². The zero-order chi connectivity index (χ0) is 10.5. The first kappa shape index (κ1) is 13.0. The van der Waals surface area contributed by atoms with Gasteiger partial charge in [-0.05, 0) is 30.7 Å².